The average molecular weight is 275 g/mol. The van der Waals surface area contributed by atoms with Crippen LogP contribution >= 0.6 is 0 Å². The Labute approximate surface area is 122 Å². The summed E-state index contributed by atoms with van der Waals surface area (Å²) in [6, 6.07) is 13.7. The molecule has 0 bridgehead atoms. The van der Waals surface area contributed by atoms with Gasteiger partial charge in [0.2, 0.25) is 0 Å². The molecule has 0 amide bonds. The monoisotopic (exact) mass is 275 g/mol. The maximum absolute atomic E-state index is 9.21. The molecule has 102 valence electrons. The Morgan fingerprint density at radius 2 is 2.00 bits per heavy atom. The summed E-state index contributed by atoms with van der Waals surface area (Å²) in [6.45, 7) is 2.53. The summed E-state index contributed by atoms with van der Waals surface area (Å²) in [5.41, 5.74) is 3.80. The summed E-state index contributed by atoms with van der Waals surface area (Å²) in [5.74, 6) is 0. The van der Waals surface area contributed by atoms with E-state index in [-0.39, 0.29) is 0 Å². The van der Waals surface area contributed by atoms with Crippen LogP contribution in [0.5, 0.6) is 0 Å². The summed E-state index contributed by atoms with van der Waals surface area (Å²) in [5, 5.41) is 21.4. The van der Waals surface area contributed by atoms with Gasteiger partial charge in [0.05, 0.1) is 11.2 Å². The van der Waals surface area contributed by atoms with Crippen LogP contribution in [-0.2, 0) is 6.54 Å². The van der Waals surface area contributed by atoms with Gasteiger partial charge < -0.3 is 5.32 Å². The van der Waals surface area contributed by atoms with Crippen LogP contribution in [0.3, 0.4) is 0 Å². The van der Waals surface area contributed by atoms with Crippen molar-refractivity contribution in [3.8, 4) is 6.07 Å². The van der Waals surface area contributed by atoms with E-state index in [1.165, 1.54) is 0 Å². The number of aromatic nitrogens is 3. The van der Waals surface area contributed by atoms with E-state index < -0.39 is 0 Å². The number of fused-ring (bicyclic) bond motifs is 1. The fourth-order valence-corrected chi connectivity index (χ4v) is 2.10. The minimum absolute atomic E-state index is 0.300. The first-order chi connectivity index (χ1) is 10.3. The highest BCUT2D eigenvalue weighted by Gasteiger charge is 2.09. The summed E-state index contributed by atoms with van der Waals surface area (Å²) >= 11 is 0. The van der Waals surface area contributed by atoms with Crippen molar-refractivity contribution < 1.29 is 0 Å². The molecule has 5 nitrogen and oxygen atoms in total. The van der Waals surface area contributed by atoms with Gasteiger partial charge in [0, 0.05) is 23.8 Å². The number of nitrogens with zero attached hydrogens (tertiary/aromatic N) is 4. The van der Waals surface area contributed by atoms with Crippen molar-refractivity contribution in [2.45, 2.75) is 13.5 Å². The van der Waals surface area contributed by atoms with E-state index >= 15 is 0 Å². The minimum atomic E-state index is 0.300. The van der Waals surface area contributed by atoms with E-state index in [1.807, 2.05) is 49.5 Å². The number of benzene rings is 1. The Morgan fingerprint density at radius 3 is 2.76 bits per heavy atom. The number of hydrogen-bond donors (Lipinski definition) is 1. The smallest absolute Gasteiger partial charge is 0.186 e. The first-order valence-electron chi connectivity index (χ1n) is 6.59. The second kappa shape index (κ2) is 5.55. The molecule has 0 aliphatic heterocycles. The maximum atomic E-state index is 9.21. The number of anilines is 1. The summed E-state index contributed by atoms with van der Waals surface area (Å²) in [4.78, 5) is 4.26. The zero-order chi connectivity index (χ0) is 14.7. The molecule has 0 atom stereocenters. The van der Waals surface area contributed by atoms with E-state index in [1.54, 1.807) is 0 Å². The molecule has 2 heterocycles. The quantitative estimate of drug-likeness (QED) is 0.795. The van der Waals surface area contributed by atoms with Crippen LogP contribution in [-0.4, -0.2) is 15.2 Å². The third-order valence-electron chi connectivity index (χ3n) is 3.22. The lowest BCUT2D eigenvalue weighted by Gasteiger charge is -2.10. The van der Waals surface area contributed by atoms with Crippen molar-refractivity contribution in [3.05, 3.63) is 59.5 Å². The van der Waals surface area contributed by atoms with Crippen LogP contribution in [0.2, 0.25) is 0 Å². The van der Waals surface area contributed by atoms with Crippen molar-refractivity contribution >= 4 is 16.6 Å². The van der Waals surface area contributed by atoms with Gasteiger partial charge in [-0.1, -0.05) is 24.3 Å². The van der Waals surface area contributed by atoms with Crippen molar-refractivity contribution in [3.63, 3.8) is 0 Å². The molecular formula is C16H13N5. The molecular weight excluding hydrogens is 262 g/mol. The molecule has 0 saturated heterocycles. The number of nitrogens with one attached hydrogen (secondary N) is 1. The lowest BCUT2D eigenvalue weighted by Crippen LogP contribution is -2.05. The molecule has 2 aromatic heterocycles. The van der Waals surface area contributed by atoms with Gasteiger partial charge in [0.15, 0.2) is 5.69 Å². The number of aryl methyl sites for hydroxylation is 1. The second-order valence-corrected chi connectivity index (χ2v) is 4.71. The SMILES string of the molecule is Cc1ccc(CNc2c(C#N)nnc3ccccc23)cn1. The zero-order valence-corrected chi connectivity index (χ0v) is 11.5. The third kappa shape index (κ3) is 2.65. The summed E-state index contributed by atoms with van der Waals surface area (Å²) in [6.07, 6.45) is 1.82. The van der Waals surface area contributed by atoms with Crippen LogP contribution in [0.1, 0.15) is 17.0 Å². The Morgan fingerprint density at radius 1 is 1.14 bits per heavy atom. The molecule has 3 aromatic rings. The maximum Gasteiger partial charge on any atom is 0.186 e. The Balaban J connectivity index is 1.95. The molecule has 1 aromatic carbocycles. The van der Waals surface area contributed by atoms with Crippen molar-refractivity contribution in [2.24, 2.45) is 0 Å². The van der Waals surface area contributed by atoms with Gasteiger partial charge in [-0.25, -0.2) is 0 Å². The van der Waals surface area contributed by atoms with Gasteiger partial charge in [0.25, 0.3) is 0 Å². The largest absolute Gasteiger partial charge is 0.378 e. The fraction of sp³-hybridized carbons (Fsp3) is 0.125. The van der Waals surface area contributed by atoms with E-state index in [2.05, 4.69) is 26.6 Å². The molecule has 0 aliphatic carbocycles. The Hall–Kier alpha value is -3.00. The number of hydrogen-bond acceptors (Lipinski definition) is 5. The van der Waals surface area contributed by atoms with Crippen molar-refractivity contribution in [2.75, 3.05) is 5.32 Å². The summed E-state index contributed by atoms with van der Waals surface area (Å²) < 4.78 is 0. The number of rotatable bonds is 3. The standard InChI is InChI=1S/C16H13N5/c1-11-6-7-12(9-18-11)10-19-16-13-4-2-3-5-14(13)20-21-15(16)8-17/h2-7,9H,10H2,1H3,(H,19,20). The van der Waals surface area contributed by atoms with Gasteiger partial charge in [-0.2, -0.15) is 5.26 Å². The minimum Gasteiger partial charge on any atom is -0.378 e. The topological polar surface area (TPSA) is 74.5 Å². The van der Waals surface area contributed by atoms with Gasteiger partial charge in [-0.3, -0.25) is 4.98 Å². The molecule has 0 radical (unpaired) electrons. The van der Waals surface area contributed by atoms with Gasteiger partial charge in [-0.05, 0) is 24.6 Å². The van der Waals surface area contributed by atoms with Gasteiger partial charge >= 0.3 is 0 Å². The molecule has 0 unspecified atom stereocenters. The molecule has 0 fully saturated rings. The predicted octanol–water partition coefficient (Wildman–Crippen LogP) is 2.82. The van der Waals surface area contributed by atoms with Crippen molar-refractivity contribution in [1.29, 1.82) is 5.26 Å². The van der Waals surface area contributed by atoms with E-state index in [9.17, 15) is 5.26 Å². The molecule has 3 rings (SSSR count). The highest BCUT2D eigenvalue weighted by molar-refractivity contribution is 5.92. The normalized spacial score (nSPS) is 10.3. The van der Waals surface area contributed by atoms with Crippen LogP contribution in [0, 0.1) is 18.3 Å². The van der Waals surface area contributed by atoms with E-state index in [0.29, 0.717) is 17.9 Å². The molecule has 21 heavy (non-hydrogen) atoms. The highest BCUT2D eigenvalue weighted by atomic mass is 15.1. The second-order valence-electron chi connectivity index (χ2n) is 4.71. The zero-order valence-electron chi connectivity index (χ0n) is 11.5. The lowest BCUT2D eigenvalue weighted by molar-refractivity contribution is 1.03. The highest BCUT2D eigenvalue weighted by Crippen LogP contribution is 2.24. The lowest BCUT2D eigenvalue weighted by atomic mass is 10.1. The van der Waals surface area contributed by atoms with Crippen LogP contribution in [0.4, 0.5) is 5.69 Å². The number of nitriles is 1. The fourth-order valence-electron chi connectivity index (χ4n) is 2.10. The summed E-state index contributed by atoms with van der Waals surface area (Å²) in [7, 11) is 0. The molecule has 1 N–H and O–H groups in total. The third-order valence-corrected chi connectivity index (χ3v) is 3.22. The predicted molar refractivity (Wildman–Crippen MR) is 80.6 cm³/mol. The molecule has 0 spiro atoms. The first kappa shape index (κ1) is 13.0. The van der Waals surface area contributed by atoms with Gasteiger partial charge in [0.1, 0.15) is 6.07 Å². The van der Waals surface area contributed by atoms with Crippen LogP contribution in [0.15, 0.2) is 42.6 Å². The van der Waals surface area contributed by atoms with Crippen molar-refractivity contribution in [1.82, 2.24) is 15.2 Å². The van der Waals surface area contributed by atoms with E-state index in [0.717, 1.165) is 22.2 Å². The van der Waals surface area contributed by atoms with Gasteiger partial charge in [-0.15, -0.1) is 10.2 Å². The Kier molecular flexibility index (Phi) is 3.44. The first-order valence-corrected chi connectivity index (χ1v) is 6.59. The number of pyridine rings is 1. The molecule has 0 saturated carbocycles. The Bertz CT molecular complexity index is 818. The molecule has 0 aliphatic rings. The van der Waals surface area contributed by atoms with E-state index in [4.69, 9.17) is 0 Å². The average Bonchev–Trinajstić information content (AvgIpc) is 2.54. The molecule has 5 heteroatoms. The van der Waals surface area contributed by atoms with Crippen LogP contribution in [0.25, 0.3) is 10.9 Å². The van der Waals surface area contributed by atoms with Crippen LogP contribution < -0.4 is 5.32 Å².